The molecular formula is C31H30N2O3. The van der Waals surface area contributed by atoms with Gasteiger partial charge in [-0.05, 0) is 59.5 Å². The van der Waals surface area contributed by atoms with Crippen LogP contribution in [-0.4, -0.2) is 25.5 Å². The molecule has 4 aromatic carbocycles. The Morgan fingerprint density at radius 3 is 1.97 bits per heavy atom. The van der Waals surface area contributed by atoms with Crippen molar-refractivity contribution in [2.75, 3.05) is 18.6 Å². The molecule has 1 N–H and O–H groups in total. The van der Waals surface area contributed by atoms with Crippen molar-refractivity contribution in [3.05, 3.63) is 131 Å². The summed E-state index contributed by atoms with van der Waals surface area (Å²) in [5.41, 5.74) is 4.50. The lowest BCUT2D eigenvalue weighted by molar-refractivity contribution is -0.120. The Morgan fingerprint density at radius 2 is 1.33 bits per heavy atom. The van der Waals surface area contributed by atoms with Crippen LogP contribution < -0.4 is 15.0 Å². The van der Waals surface area contributed by atoms with E-state index in [-0.39, 0.29) is 18.2 Å². The summed E-state index contributed by atoms with van der Waals surface area (Å²) in [5, 5.41) is 2.98. The first kappa shape index (κ1) is 24.7. The van der Waals surface area contributed by atoms with E-state index in [0.29, 0.717) is 18.7 Å². The third kappa shape index (κ3) is 6.83. The van der Waals surface area contributed by atoms with Gasteiger partial charge in [0, 0.05) is 17.8 Å². The van der Waals surface area contributed by atoms with Gasteiger partial charge in [-0.2, -0.15) is 0 Å². The molecule has 0 saturated heterocycles. The van der Waals surface area contributed by atoms with Gasteiger partial charge in [0.05, 0.1) is 20.1 Å². The lowest BCUT2D eigenvalue weighted by atomic mass is 10.1. The summed E-state index contributed by atoms with van der Waals surface area (Å²) in [6, 6.07) is 34.7. The van der Waals surface area contributed by atoms with Crippen LogP contribution in [0.1, 0.15) is 27.0 Å². The van der Waals surface area contributed by atoms with Gasteiger partial charge in [0.1, 0.15) is 5.75 Å². The molecule has 4 aromatic rings. The first-order valence-corrected chi connectivity index (χ1v) is 12.0. The quantitative estimate of drug-likeness (QED) is 0.330. The highest BCUT2D eigenvalue weighted by Gasteiger charge is 2.18. The first-order chi connectivity index (χ1) is 17.6. The minimum atomic E-state index is -0.0662. The largest absolute Gasteiger partial charge is 0.497 e. The van der Waals surface area contributed by atoms with Gasteiger partial charge in [-0.1, -0.05) is 72.8 Å². The molecule has 36 heavy (non-hydrogen) atoms. The Bertz CT molecular complexity index is 1250. The number of nitrogens with one attached hydrogen (secondary N) is 1. The molecule has 0 unspecified atom stereocenters. The molecule has 0 bridgehead atoms. The fourth-order valence-electron chi connectivity index (χ4n) is 3.96. The van der Waals surface area contributed by atoms with E-state index in [9.17, 15) is 9.59 Å². The molecular weight excluding hydrogens is 448 g/mol. The molecule has 5 nitrogen and oxygen atoms in total. The zero-order valence-electron chi connectivity index (χ0n) is 20.4. The number of hydrogen-bond donors (Lipinski definition) is 1. The molecule has 0 aliphatic carbocycles. The summed E-state index contributed by atoms with van der Waals surface area (Å²) < 4.78 is 5.18. The lowest BCUT2D eigenvalue weighted by Gasteiger charge is -2.23. The van der Waals surface area contributed by atoms with Crippen LogP contribution in [0.15, 0.2) is 109 Å². The Morgan fingerprint density at radius 1 is 0.722 bits per heavy atom. The molecule has 4 rings (SSSR count). The topological polar surface area (TPSA) is 58.6 Å². The fraction of sp³-hybridized carbons (Fsp3) is 0.161. The van der Waals surface area contributed by atoms with Crippen LogP contribution in [0, 0.1) is 0 Å². The Kier molecular flexibility index (Phi) is 8.49. The maximum Gasteiger partial charge on any atom is 0.258 e. The molecule has 0 aromatic heterocycles. The number of anilines is 1. The summed E-state index contributed by atoms with van der Waals surface area (Å²) in [7, 11) is 1.64. The lowest BCUT2D eigenvalue weighted by Crippen LogP contribution is -2.30. The standard InChI is InChI=1S/C31H30N2O3/c1-36-29-18-14-24(15-19-29)20-21-32-30(34)22-25-12-16-28(17-13-25)33(23-26-8-4-2-5-9-26)31(35)27-10-6-3-7-11-27/h2-19H,20-23H2,1H3,(H,32,34). The van der Waals surface area contributed by atoms with Crippen LogP contribution in [0.25, 0.3) is 0 Å². The minimum Gasteiger partial charge on any atom is -0.497 e. The second-order valence-electron chi connectivity index (χ2n) is 8.53. The molecule has 0 atom stereocenters. The van der Waals surface area contributed by atoms with Crippen molar-refractivity contribution in [1.29, 1.82) is 0 Å². The van der Waals surface area contributed by atoms with E-state index < -0.39 is 0 Å². The number of carbonyl (C=O) groups excluding carboxylic acids is 2. The SMILES string of the molecule is COc1ccc(CCNC(=O)Cc2ccc(N(Cc3ccccc3)C(=O)c3ccccc3)cc2)cc1. The molecule has 2 amide bonds. The van der Waals surface area contributed by atoms with Gasteiger partial charge >= 0.3 is 0 Å². The van der Waals surface area contributed by atoms with E-state index in [1.807, 2.05) is 109 Å². The molecule has 0 saturated carbocycles. The van der Waals surface area contributed by atoms with Crippen LogP contribution >= 0.6 is 0 Å². The third-order valence-electron chi connectivity index (χ3n) is 5.96. The van der Waals surface area contributed by atoms with E-state index >= 15 is 0 Å². The second kappa shape index (κ2) is 12.4. The molecule has 0 fully saturated rings. The highest BCUT2D eigenvalue weighted by Crippen LogP contribution is 2.21. The predicted molar refractivity (Wildman–Crippen MR) is 143 cm³/mol. The van der Waals surface area contributed by atoms with Gasteiger partial charge in [0.2, 0.25) is 5.91 Å². The third-order valence-corrected chi connectivity index (χ3v) is 5.96. The van der Waals surface area contributed by atoms with E-state index in [4.69, 9.17) is 4.74 Å². The number of amides is 2. The van der Waals surface area contributed by atoms with Crippen molar-refractivity contribution in [2.45, 2.75) is 19.4 Å². The number of benzene rings is 4. The summed E-state index contributed by atoms with van der Waals surface area (Å²) in [6.07, 6.45) is 1.04. The van der Waals surface area contributed by atoms with Crippen LogP contribution in [-0.2, 0) is 24.2 Å². The van der Waals surface area contributed by atoms with Crippen molar-refractivity contribution in [2.24, 2.45) is 0 Å². The molecule has 182 valence electrons. The summed E-state index contributed by atoms with van der Waals surface area (Å²) in [4.78, 5) is 27.6. The highest BCUT2D eigenvalue weighted by atomic mass is 16.5. The Hall–Kier alpha value is -4.38. The summed E-state index contributed by atoms with van der Waals surface area (Å²) >= 11 is 0. The minimum absolute atomic E-state index is 0.0298. The van der Waals surface area contributed by atoms with Gasteiger partial charge in [0.15, 0.2) is 0 Å². The highest BCUT2D eigenvalue weighted by molar-refractivity contribution is 6.06. The zero-order valence-corrected chi connectivity index (χ0v) is 20.4. The summed E-state index contributed by atoms with van der Waals surface area (Å²) in [6.45, 7) is 1.03. The van der Waals surface area contributed by atoms with Crippen molar-refractivity contribution in [3.8, 4) is 5.75 Å². The zero-order chi connectivity index (χ0) is 25.2. The van der Waals surface area contributed by atoms with Crippen molar-refractivity contribution in [3.63, 3.8) is 0 Å². The van der Waals surface area contributed by atoms with Crippen molar-refractivity contribution < 1.29 is 14.3 Å². The molecule has 0 spiro atoms. The average molecular weight is 479 g/mol. The van der Waals surface area contributed by atoms with E-state index in [1.165, 1.54) is 0 Å². The van der Waals surface area contributed by atoms with Crippen LogP contribution in [0.4, 0.5) is 5.69 Å². The van der Waals surface area contributed by atoms with E-state index in [1.54, 1.807) is 12.0 Å². The van der Waals surface area contributed by atoms with Crippen molar-refractivity contribution >= 4 is 17.5 Å². The van der Waals surface area contributed by atoms with Gasteiger partial charge in [-0.15, -0.1) is 0 Å². The number of rotatable bonds is 10. The molecule has 5 heteroatoms. The average Bonchev–Trinajstić information content (AvgIpc) is 2.93. The molecule has 0 radical (unpaired) electrons. The van der Waals surface area contributed by atoms with E-state index in [2.05, 4.69) is 5.32 Å². The maximum absolute atomic E-state index is 13.3. The first-order valence-electron chi connectivity index (χ1n) is 12.0. The van der Waals surface area contributed by atoms with Crippen molar-refractivity contribution in [1.82, 2.24) is 5.32 Å². The number of nitrogens with zero attached hydrogens (tertiary/aromatic N) is 1. The molecule has 0 aliphatic heterocycles. The Balaban J connectivity index is 1.38. The summed E-state index contributed by atoms with van der Waals surface area (Å²) in [5.74, 6) is 0.722. The molecule has 0 heterocycles. The van der Waals surface area contributed by atoms with Crippen LogP contribution in [0.3, 0.4) is 0 Å². The molecule has 0 aliphatic rings. The number of hydrogen-bond acceptors (Lipinski definition) is 3. The monoisotopic (exact) mass is 478 g/mol. The number of carbonyl (C=O) groups is 2. The predicted octanol–water partition coefficient (Wildman–Crippen LogP) is 5.44. The van der Waals surface area contributed by atoms with Gasteiger partial charge < -0.3 is 15.0 Å². The fourth-order valence-corrected chi connectivity index (χ4v) is 3.96. The Labute approximate surface area is 212 Å². The normalized spacial score (nSPS) is 10.5. The number of methoxy groups -OCH3 is 1. The second-order valence-corrected chi connectivity index (χ2v) is 8.53. The maximum atomic E-state index is 13.3. The van der Waals surface area contributed by atoms with E-state index in [0.717, 1.165) is 34.5 Å². The smallest absolute Gasteiger partial charge is 0.258 e. The van der Waals surface area contributed by atoms with Crippen LogP contribution in [0.2, 0.25) is 0 Å². The van der Waals surface area contributed by atoms with Gasteiger partial charge in [0.25, 0.3) is 5.91 Å². The van der Waals surface area contributed by atoms with Gasteiger partial charge in [-0.25, -0.2) is 0 Å². The van der Waals surface area contributed by atoms with Crippen LogP contribution in [0.5, 0.6) is 5.75 Å². The van der Waals surface area contributed by atoms with Gasteiger partial charge in [-0.3, -0.25) is 9.59 Å². The number of ether oxygens (including phenoxy) is 1.